The van der Waals surface area contributed by atoms with Gasteiger partial charge < -0.3 is 5.32 Å². The molecular formula is C13H24N2. The molecule has 3 aliphatic rings. The molecule has 2 heteroatoms. The molecule has 3 rings (SSSR count). The van der Waals surface area contributed by atoms with Gasteiger partial charge in [-0.1, -0.05) is 26.7 Å². The van der Waals surface area contributed by atoms with Crippen LogP contribution in [-0.4, -0.2) is 36.1 Å². The first kappa shape index (κ1) is 10.1. The van der Waals surface area contributed by atoms with Gasteiger partial charge in [-0.05, 0) is 24.7 Å². The summed E-state index contributed by atoms with van der Waals surface area (Å²) in [7, 11) is 0. The minimum Gasteiger partial charge on any atom is -0.309 e. The van der Waals surface area contributed by atoms with Gasteiger partial charge in [0.2, 0.25) is 0 Å². The van der Waals surface area contributed by atoms with E-state index in [9.17, 15) is 0 Å². The molecule has 0 aromatic rings. The molecule has 2 aliphatic carbocycles. The quantitative estimate of drug-likeness (QED) is 0.709. The van der Waals surface area contributed by atoms with Crippen LogP contribution in [0, 0.1) is 5.41 Å². The van der Waals surface area contributed by atoms with Crippen LogP contribution in [0.1, 0.15) is 46.0 Å². The van der Waals surface area contributed by atoms with Crippen molar-refractivity contribution in [3.63, 3.8) is 0 Å². The topological polar surface area (TPSA) is 15.3 Å². The molecule has 1 unspecified atom stereocenters. The second-order valence-electron chi connectivity index (χ2n) is 6.59. The van der Waals surface area contributed by atoms with E-state index in [1.807, 2.05) is 0 Å². The smallest absolute Gasteiger partial charge is 0.0309 e. The molecule has 3 fully saturated rings. The lowest BCUT2D eigenvalue weighted by atomic mass is 9.94. The number of nitrogens with zero attached hydrogens (tertiary/aromatic N) is 1. The fraction of sp³-hybridized carbons (Fsp3) is 1.00. The van der Waals surface area contributed by atoms with E-state index in [4.69, 9.17) is 0 Å². The Bertz CT molecular complexity index is 253. The van der Waals surface area contributed by atoms with E-state index in [-0.39, 0.29) is 0 Å². The first-order valence-corrected chi connectivity index (χ1v) is 6.61. The normalized spacial score (nSPS) is 38.4. The summed E-state index contributed by atoms with van der Waals surface area (Å²) < 4.78 is 0. The van der Waals surface area contributed by atoms with Crippen LogP contribution in [0.3, 0.4) is 0 Å². The Morgan fingerprint density at radius 2 is 1.87 bits per heavy atom. The highest BCUT2D eigenvalue weighted by Crippen LogP contribution is 2.49. The van der Waals surface area contributed by atoms with Crippen molar-refractivity contribution in [3.8, 4) is 0 Å². The largest absolute Gasteiger partial charge is 0.309 e. The lowest BCUT2D eigenvalue weighted by Gasteiger charge is -2.42. The van der Waals surface area contributed by atoms with Crippen molar-refractivity contribution in [2.45, 2.75) is 57.5 Å². The van der Waals surface area contributed by atoms with Crippen LogP contribution in [0.15, 0.2) is 0 Å². The van der Waals surface area contributed by atoms with Crippen LogP contribution in [0.5, 0.6) is 0 Å². The van der Waals surface area contributed by atoms with Crippen LogP contribution < -0.4 is 5.32 Å². The zero-order valence-electron chi connectivity index (χ0n) is 10.2. The van der Waals surface area contributed by atoms with Crippen molar-refractivity contribution >= 4 is 0 Å². The third-order valence-electron chi connectivity index (χ3n) is 4.87. The Kier molecular flexibility index (Phi) is 2.16. The SMILES string of the molecule is CC1(C)CC1N1CCNC2(CCCC2)C1. The molecule has 0 aromatic heterocycles. The monoisotopic (exact) mass is 208 g/mol. The van der Waals surface area contributed by atoms with Gasteiger partial charge >= 0.3 is 0 Å². The van der Waals surface area contributed by atoms with E-state index in [0.717, 1.165) is 6.04 Å². The third kappa shape index (κ3) is 1.72. The molecule has 0 bridgehead atoms. The van der Waals surface area contributed by atoms with Crippen molar-refractivity contribution in [3.05, 3.63) is 0 Å². The molecule has 15 heavy (non-hydrogen) atoms. The van der Waals surface area contributed by atoms with E-state index in [1.54, 1.807) is 0 Å². The van der Waals surface area contributed by atoms with Gasteiger partial charge in [0.15, 0.2) is 0 Å². The maximum atomic E-state index is 3.79. The number of nitrogens with one attached hydrogen (secondary N) is 1. The van der Waals surface area contributed by atoms with Gasteiger partial charge in [0.1, 0.15) is 0 Å². The Morgan fingerprint density at radius 1 is 1.20 bits per heavy atom. The molecule has 2 nitrogen and oxygen atoms in total. The van der Waals surface area contributed by atoms with Crippen molar-refractivity contribution in [1.29, 1.82) is 0 Å². The summed E-state index contributed by atoms with van der Waals surface area (Å²) in [6.45, 7) is 8.64. The maximum absolute atomic E-state index is 3.79. The predicted molar refractivity (Wildman–Crippen MR) is 63.0 cm³/mol. The van der Waals surface area contributed by atoms with E-state index in [1.165, 1.54) is 51.7 Å². The molecule has 1 N–H and O–H groups in total. The van der Waals surface area contributed by atoms with Crippen molar-refractivity contribution in [2.24, 2.45) is 5.41 Å². The molecule has 1 saturated heterocycles. The average Bonchev–Trinajstić information content (AvgIpc) is 2.63. The second-order valence-corrected chi connectivity index (χ2v) is 6.59. The molecule has 0 amide bonds. The highest BCUT2D eigenvalue weighted by molar-refractivity contribution is 5.08. The number of piperazine rings is 1. The predicted octanol–water partition coefficient (Wildman–Crippen LogP) is 2.00. The van der Waals surface area contributed by atoms with Crippen LogP contribution in [-0.2, 0) is 0 Å². The number of hydrogen-bond acceptors (Lipinski definition) is 2. The Labute approximate surface area is 93.4 Å². The summed E-state index contributed by atoms with van der Waals surface area (Å²) in [6, 6.07) is 0.886. The lowest BCUT2D eigenvalue weighted by Crippen LogP contribution is -2.59. The van der Waals surface area contributed by atoms with Gasteiger partial charge in [-0.25, -0.2) is 0 Å². The summed E-state index contributed by atoms with van der Waals surface area (Å²) in [4.78, 5) is 2.77. The van der Waals surface area contributed by atoms with Crippen molar-refractivity contribution in [2.75, 3.05) is 19.6 Å². The molecule has 1 spiro atoms. The molecular weight excluding hydrogens is 184 g/mol. The Morgan fingerprint density at radius 3 is 2.47 bits per heavy atom. The first-order valence-electron chi connectivity index (χ1n) is 6.61. The minimum atomic E-state index is 0.511. The lowest BCUT2D eigenvalue weighted by molar-refractivity contribution is 0.116. The van der Waals surface area contributed by atoms with Crippen molar-refractivity contribution in [1.82, 2.24) is 10.2 Å². The standard InChI is InChI=1S/C13H24N2/c1-12(2)9-11(12)15-8-7-14-13(10-15)5-3-4-6-13/h11,14H,3-10H2,1-2H3. The van der Waals surface area contributed by atoms with Crippen LogP contribution in [0.2, 0.25) is 0 Å². The van der Waals surface area contributed by atoms with Gasteiger partial charge in [-0.2, -0.15) is 0 Å². The molecule has 1 heterocycles. The third-order valence-corrected chi connectivity index (χ3v) is 4.87. The van der Waals surface area contributed by atoms with Gasteiger partial charge in [0.25, 0.3) is 0 Å². The molecule has 0 aromatic carbocycles. The van der Waals surface area contributed by atoms with Crippen LogP contribution in [0.25, 0.3) is 0 Å². The molecule has 2 saturated carbocycles. The maximum Gasteiger partial charge on any atom is 0.0309 e. The number of rotatable bonds is 1. The van der Waals surface area contributed by atoms with E-state index in [0.29, 0.717) is 11.0 Å². The highest BCUT2D eigenvalue weighted by Gasteiger charge is 2.51. The minimum absolute atomic E-state index is 0.511. The fourth-order valence-corrected chi connectivity index (χ4v) is 3.70. The first-order chi connectivity index (χ1) is 7.11. The van der Waals surface area contributed by atoms with Gasteiger partial charge in [-0.15, -0.1) is 0 Å². The summed E-state index contributed by atoms with van der Waals surface area (Å²) in [5.41, 5.74) is 1.12. The summed E-state index contributed by atoms with van der Waals surface area (Å²) in [5, 5.41) is 3.79. The summed E-state index contributed by atoms with van der Waals surface area (Å²) >= 11 is 0. The molecule has 86 valence electrons. The summed E-state index contributed by atoms with van der Waals surface area (Å²) in [6.07, 6.45) is 7.13. The van der Waals surface area contributed by atoms with E-state index in [2.05, 4.69) is 24.1 Å². The second kappa shape index (κ2) is 3.21. The molecule has 1 atom stereocenters. The van der Waals surface area contributed by atoms with Crippen LogP contribution in [0.4, 0.5) is 0 Å². The van der Waals surface area contributed by atoms with Gasteiger partial charge in [0.05, 0.1) is 0 Å². The van der Waals surface area contributed by atoms with Crippen LogP contribution >= 0.6 is 0 Å². The Balaban J connectivity index is 1.67. The van der Waals surface area contributed by atoms with Gasteiger partial charge in [0, 0.05) is 31.2 Å². The average molecular weight is 208 g/mol. The van der Waals surface area contributed by atoms with Crippen molar-refractivity contribution < 1.29 is 0 Å². The molecule has 0 radical (unpaired) electrons. The summed E-state index contributed by atoms with van der Waals surface area (Å²) in [5.74, 6) is 0. The fourth-order valence-electron chi connectivity index (χ4n) is 3.70. The van der Waals surface area contributed by atoms with E-state index < -0.39 is 0 Å². The number of hydrogen-bond donors (Lipinski definition) is 1. The zero-order chi connectivity index (χ0) is 10.5. The molecule has 1 aliphatic heterocycles. The van der Waals surface area contributed by atoms with Gasteiger partial charge in [-0.3, -0.25) is 4.90 Å². The zero-order valence-corrected chi connectivity index (χ0v) is 10.2. The highest BCUT2D eigenvalue weighted by atomic mass is 15.3. The Hall–Kier alpha value is -0.0800. The van der Waals surface area contributed by atoms with E-state index >= 15 is 0 Å².